The molecule has 0 spiro atoms. The van der Waals surface area contributed by atoms with Crippen LogP contribution in [0.2, 0.25) is 0 Å². The summed E-state index contributed by atoms with van der Waals surface area (Å²) in [6.45, 7) is 2.05. The van der Waals surface area contributed by atoms with Crippen LogP contribution in [0, 0.1) is 6.92 Å². The number of benzene rings is 1. The number of nitrogen functional groups attached to an aromatic ring is 1. The van der Waals surface area contributed by atoms with Crippen LogP contribution in [0.1, 0.15) is 5.56 Å². The van der Waals surface area contributed by atoms with E-state index in [1.807, 2.05) is 31.2 Å². The van der Waals surface area contributed by atoms with Crippen LogP contribution < -0.4 is 5.73 Å². The molecule has 0 unspecified atom stereocenters. The summed E-state index contributed by atoms with van der Waals surface area (Å²) in [4.78, 5) is 8.04. The van der Waals surface area contributed by atoms with E-state index in [1.165, 1.54) is 11.9 Å². The Balaban J connectivity index is 2.55. The quantitative estimate of drug-likeness (QED) is 0.739. The van der Waals surface area contributed by atoms with Crippen LogP contribution in [0.4, 0.5) is 5.82 Å². The van der Waals surface area contributed by atoms with Gasteiger partial charge in [0.1, 0.15) is 12.1 Å². The zero-order valence-electron chi connectivity index (χ0n) is 7.94. The zero-order valence-corrected chi connectivity index (χ0v) is 7.94. The number of hydrogen-bond acceptors (Lipinski definition) is 3. The summed E-state index contributed by atoms with van der Waals surface area (Å²) in [6.07, 6.45) is 1.48. The van der Waals surface area contributed by atoms with Crippen LogP contribution in [-0.2, 0) is 0 Å². The first-order valence-electron chi connectivity index (χ1n) is 4.41. The van der Waals surface area contributed by atoms with Crippen molar-refractivity contribution in [3.8, 4) is 11.3 Å². The first kappa shape index (κ1) is 8.69. The van der Waals surface area contributed by atoms with Gasteiger partial charge in [-0.2, -0.15) is 0 Å². The molecule has 0 radical (unpaired) electrons. The summed E-state index contributed by atoms with van der Waals surface area (Å²) >= 11 is 0. The topological polar surface area (TPSA) is 51.8 Å². The number of anilines is 1. The molecule has 0 saturated heterocycles. The van der Waals surface area contributed by atoms with Crippen molar-refractivity contribution in [3.05, 3.63) is 42.2 Å². The largest absolute Gasteiger partial charge is 0.384 e. The molecule has 1 aromatic heterocycles. The minimum atomic E-state index is 0.498. The Kier molecular flexibility index (Phi) is 2.14. The van der Waals surface area contributed by atoms with E-state index in [4.69, 9.17) is 5.73 Å². The predicted octanol–water partition coefficient (Wildman–Crippen LogP) is 2.03. The molecule has 0 amide bonds. The third-order valence-electron chi connectivity index (χ3n) is 2.11. The maximum Gasteiger partial charge on any atom is 0.127 e. The Morgan fingerprint density at radius 2 is 1.93 bits per heavy atom. The molecular formula is C11H11N3. The van der Waals surface area contributed by atoms with E-state index in [2.05, 4.69) is 9.97 Å². The lowest BCUT2D eigenvalue weighted by Crippen LogP contribution is -1.93. The van der Waals surface area contributed by atoms with Crippen LogP contribution in [0.5, 0.6) is 0 Å². The lowest BCUT2D eigenvalue weighted by Gasteiger charge is -2.04. The van der Waals surface area contributed by atoms with E-state index >= 15 is 0 Å². The van der Waals surface area contributed by atoms with Crippen molar-refractivity contribution >= 4 is 5.82 Å². The number of hydrogen-bond donors (Lipinski definition) is 1. The van der Waals surface area contributed by atoms with Gasteiger partial charge in [0.2, 0.25) is 0 Å². The van der Waals surface area contributed by atoms with Crippen molar-refractivity contribution in [3.63, 3.8) is 0 Å². The number of rotatable bonds is 1. The second kappa shape index (κ2) is 3.46. The average Bonchev–Trinajstić information content (AvgIpc) is 2.18. The summed E-state index contributed by atoms with van der Waals surface area (Å²) in [7, 11) is 0. The highest BCUT2D eigenvalue weighted by atomic mass is 14.9. The van der Waals surface area contributed by atoms with E-state index in [0.717, 1.165) is 11.3 Å². The Labute approximate surface area is 82.6 Å². The van der Waals surface area contributed by atoms with Gasteiger partial charge in [-0.05, 0) is 12.5 Å². The predicted molar refractivity (Wildman–Crippen MR) is 56.6 cm³/mol. The Bertz CT molecular complexity index is 452. The molecule has 0 fully saturated rings. The van der Waals surface area contributed by atoms with E-state index in [9.17, 15) is 0 Å². The van der Waals surface area contributed by atoms with Crippen molar-refractivity contribution in [1.82, 2.24) is 9.97 Å². The van der Waals surface area contributed by atoms with Gasteiger partial charge in [0, 0.05) is 11.6 Å². The minimum Gasteiger partial charge on any atom is -0.384 e. The fraction of sp³-hybridized carbons (Fsp3) is 0.0909. The van der Waals surface area contributed by atoms with Gasteiger partial charge in [-0.1, -0.05) is 24.3 Å². The minimum absolute atomic E-state index is 0.498. The second-order valence-corrected chi connectivity index (χ2v) is 3.14. The molecular weight excluding hydrogens is 174 g/mol. The number of nitrogens with two attached hydrogens (primary N) is 1. The molecule has 3 heteroatoms. The summed E-state index contributed by atoms with van der Waals surface area (Å²) in [5, 5.41) is 0. The van der Waals surface area contributed by atoms with Gasteiger partial charge < -0.3 is 5.73 Å². The van der Waals surface area contributed by atoms with Crippen molar-refractivity contribution in [1.29, 1.82) is 0 Å². The molecule has 0 aliphatic carbocycles. The number of nitrogens with zero attached hydrogens (tertiary/aromatic N) is 2. The van der Waals surface area contributed by atoms with Crippen LogP contribution >= 0.6 is 0 Å². The van der Waals surface area contributed by atoms with Crippen LogP contribution in [0.15, 0.2) is 36.7 Å². The molecule has 70 valence electrons. The Hall–Kier alpha value is -1.90. The fourth-order valence-corrected chi connectivity index (χ4v) is 1.38. The van der Waals surface area contributed by atoms with Gasteiger partial charge in [-0.15, -0.1) is 0 Å². The molecule has 1 aromatic carbocycles. The third kappa shape index (κ3) is 1.57. The molecule has 0 saturated carbocycles. The van der Waals surface area contributed by atoms with Crippen molar-refractivity contribution in [2.45, 2.75) is 6.92 Å². The third-order valence-corrected chi connectivity index (χ3v) is 2.11. The van der Waals surface area contributed by atoms with E-state index in [-0.39, 0.29) is 0 Å². The normalized spacial score (nSPS) is 10.1. The summed E-state index contributed by atoms with van der Waals surface area (Å²) in [5.74, 6) is 0.498. The maximum atomic E-state index is 5.59. The summed E-state index contributed by atoms with van der Waals surface area (Å²) in [6, 6.07) is 9.84. The maximum absolute atomic E-state index is 5.59. The van der Waals surface area contributed by atoms with E-state index < -0.39 is 0 Å². The molecule has 2 aromatic rings. The standard InChI is InChI=1S/C11H11N3/c1-8-4-2-3-5-9(8)10-6-11(12)14-7-13-10/h2-7H,1H3,(H2,12,13,14). The van der Waals surface area contributed by atoms with E-state index in [1.54, 1.807) is 6.07 Å². The highest BCUT2D eigenvalue weighted by Gasteiger charge is 2.02. The van der Waals surface area contributed by atoms with Gasteiger partial charge in [-0.3, -0.25) is 0 Å². The molecule has 3 nitrogen and oxygen atoms in total. The van der Waals surface area contributed by atoms with Gasteiger partial charge in [0.05, 0.1) is 5.69 Å². The number of aromatic nitrogens is 2. The lowest BCUT2D eigenvalue weighted by molar-refractivity contribution is 1.18. The number of aryl methyl sites for hydroxylation is 1. The SMILES string of the molecule is Cc1ccccc1-c1cc(N)ncn1. The van der Waals surface area contributed by atoms with Crippen molar-refractivity contribution < 1.29 is 0 Å². The summed E-state index contributed by atoms with van der Waals surface area (Å²) in [5.41, 5.74) is 8.75. The smallest absolute Gasteiger partial charge is 0.127 e. The lowest BCUT2D eigenvalue weighted by atomic mass is 10.1. The Morgan fingerprint density at radius 1 is 1.14 bits per heavy atom. The fourth-order valence-electron chi connectivity index (χ4n) is 1.38. The molecule has 2 rings (SSSR count). The zero-order chi connectivity index (χ0) is 9.97. The monoisotopic (exact) mass is 185 g/mol. The first-order valence-corrected chi connectivity index (χ1v) is 4.41. The summed E-state index contributed by atoms with van der Waals surface area (Å²) < 4.78 is 0. The van der Waals surface area contributed by atoms with Crippen LogP contribution in [0.25, 0.3) is 11.3 Å². The molecule has 0 bridgehead atoms. The average molecular weight is 185 g/mol. The van der Waals surface area contributed by atoms with E-state index in [0.29, 0.717) is 5.82 Å². The highest BCUT2D eigenvalue weighted by molar-refractivity contribution is 5.64. The van der Waals surface area contributed by atoms with Gasteiger partial charge >= 0.3 is 0 Å². The molecule has 2 N–H and O–H groups in total. The highest BCUT2D eigenvalue weighted by Crippen LogP contribution is 2.21. The van der Waals surface area contributed by atoms with Gasteiger partial charge in [0.15, 0.2) is 0 Å². The van der Waals surface area contributed by atoms with Crippen molar-refractivity contribution in [2.75, 3.05) is 5.73 Å². The molecule has 0 atom stereocenters. The molecule has 0 aliphatic heterocycles. The first-order chi connectivity index (χ1) is 6.77. The molecule has 14 heavy (non-hydrogen) atoms. The van der Waals surface area contributed by atoms with Crippen LogP contribution in [-0.4, -0.2) is 9.97 Å². The Morgan fingerprint density at radius 3 is 2.64 bits per heavy atom. The van der Waals surface area contributed by atoms with Crippen LogP contribution in [0.3, 0.4) is 0 Å². The second-order valence-electron chi connectivity index (χ2n) is 3.14. The van der Waals surface area contributed by atoms with Gasteiger partial charge in [-0.25, -0.2) is 9.97 Å². The molecule has 1 heterocycles. The molecule has 0 aliphatic rings. The van der Waals surface area contributed by atoms with Crippen molar-refractivity contribution in [2.24, 2.45) is 0 Å². The van der Waals surface area contributed by atoms with Gasteiger partial charge in [0.25, 0.3) is 0 Å².